The van der Waals surface area contributed by atoms with Gasteiger partial charge in [-0.05, 0) is 19.3 Å². The molecule has 0 aromatic heterocycles. The van der Waals surface area contributed by atoms with Crippen molar-refractivity contribution in [1.82, 2.24) is 15.1 Å². The van der Waals surface area contributed by atoms with E-state index in [1.165, 1.54) is 19.3 Å². The fraction of sp³-hybridized carbons (Fsp3) is 0.923. The van der Waals surface area contributed by atoms with E-state index in [0.29, 0.717) is 12.2 Å². The number of ether oxygens (including phenoxy) is 1. The van der Waals surface area contributed by atoms with E-state index in [0.717, 1.165) is 45.2 Å². The Bertz CT molecular complexity index is 308. The van der Waals surface area contributed by atoms with Gasteiger partial charge in [-0.1, -0.05) is 0 Å². The van der Waals surface area contributed by atoms with Crippen LogP contribution in [0.3, 0.4) is 0 Å². The molecule has 3 heterocycles. The summed E-state index contributed by atoms with van der Waals surface area (Å²) in [5.41, 5.74) is 0. The molecule has 5 heteroatoms. The zero-order valence-corrected chi connectivity index (χ0v) is 11.3. The summed E-state index contributed by atoms with van der Waals surface area (Å²) in [6, 6.07) is 0. The molecule has 0 amide bonds. The van der Waals surface area contributed by atoms with Crippen LogP contribution in [0.25, 0.3) is 0 Å². The third-order valence-corrected chi connectivity index (χ3v) is 4.11. The molecule has 5 nitrogen and oxygen atoms in total. The fourth-order valence-corrected chi connectivity index (χ4v) is 3.12. The van der Waals surface area contributed by atoms with Crippen molar-refractivity contribution in [2.45, 2.75) is 31.5 Å². The van der Waals surface area contributed by atoms with Gasteiger partial charge in [-0.25, -0.2) is 0 Å². The smallest absolute Gasteiger partial charge is 0.193 e. The van der Waals surface area contributed by atoms with E-state index >= 15 is 0 Å². The van der Waals surface area contributed by atoms with Crippen LogP contribution < -0.4 is 5.32 Å². The third-order valence-electron chi connectivity index (χ3n) is 4.11. The number of rotatable bonds is 3. The molecule has 0 saturated carbocycles. The van der Waals surface area contributed by atoms with Gasteiger partial charge in [0, 0.05) is 46.3 Å². The van der Waals surface area contributed by atoms with Crippen LogP contribution in [0, 0.1) is 0 Å². The molecule has 0 aromatic rings. The lowest BCUT2D eigenvalue weighted by Gasteiger charge is -2.32. The van der Waals surface area contributed by atoms with E-state index < -0.39 is 0 Å². The SMILES string of the molecule is CN1CCCN=C1NCCN1CC2CCC(C1)O2. The van der Waals surface area contributed by atoms with Crippen molar-refractivity contribution >= 4 is 5.96 Å². The average Bonchev–Trinajstić information content (AvgIpc) is 2.71. The van der Waals surface area contributed by atoms with Gasteiger partial charge in [0.1, 0.15) is 0 Å². The highest BCUT2D eigenvalue weighted by Crippen LogP contribution is 2.25. The van der Waals surface area contributed by atoms with Gasteiger partial charge in [-0.3, -0.25) is 9.89 Å². The average molecular weight is 252 g/mol. The molecule has 2 bridgehead atoms. The summed E-state index contributed by atoms with van der Waals surface area (Å²) in [7, 11) is 2.11. The van der Waals surface area contributed by atoms with Crippen molar-refractivity contribution in [3.05, 3.63) is 0 Å². The van der Waals surface area contributed by atoms with E-state index in [2.05, 4.69) is 27.2 Å². The van der Waals surface area contributed by atoms with E-state index in [-0.39, 0.29) is 0 Å². The van der Waals surface area contributed by atoms with Gasteiger partial charge in [0.2, 0.25) is 0 Å². The Hall–Kier alpha value is -0.810. The molecule has 2 atom stereocenters. The molecule has 18 heavy (non-hydrogen) atoms. The lowest BCUT2D eigenvalue weighted by atomic mass is 10.2. The Morgan fingerprint density at radius 3 is 2.83 bits per heavy atom. The van der Waals surface area contributed by atoms with Gasteiger partial charge in [0.25, 0.3) is 0 Å². The van der Waals surface area contributed by atoms with Crippen LogP contribution in [0.1, 0.15) is 19.3 Å². The molecular formula is C13H24N4O. The minimum Gasteiger partial charge on any atom is -0.372 e. The number of hydrogen-bond donors (Lipinski definition) is 1. The Kier molecular flexibility index (Phi) is 3.70. The zero-order valence-electron chi connectivity index (χ0n) is 11.3. The van der Waals surface area contributed by atoms with Crippen molar-refractivity contribution in [2.75, 3.05) is 46.3 Å². The van der Waals surface area contributed by atoms with Crippen LogP contribution in [0.4, 0.5) is 0 Å². The summed E-state index contributed by atoms with van der Waals surface area (Å²) in [5.74, 6) is 1.07. The first-order valence-electron chi connectivity index (χ1n) is 7.18. The lowest BCUT2D eigenvalue weighted by molar-refractivity contribution is -0.0374. The molecule has 2 saturated heterocycles. The van der Waals surface area contributed by atoms with E-state index in [4.69, 9.17) is 4.74 Å². The predicted molar refractivity (Wildman–Crippen MR) is 71.9 cm³/mol. The molecule has 102 valence electrons. The van der Waals surface area contributed by atoms with Crippen LogP contribution in [-0.4, -0.2) is 74.3 Å². The minimum absolute atomic E-state index is 0.499. The molecule has 0 radical (unpaired) electrons. The normalized spacial score (nSPS) is 32.5. The standard InChI is InChI=1S/C13H24N4O/c1-16-7-2-5-14-13(16)15-6-8-17-9-11-3-4-12(10-17)18-11/h11-12H,2-10H2,1H3,(H,14,15). The van der Waals surface area contributed by atoms with Crippen molar-refractivity contribution < 1.29 is 4.74 Å². The van der Waals surface area contributed by atoms with Crippen LogP contribution >= 0.6 is 0 Å². The van der Waals surface area contributed by atoms with Crippen LogP contribution in [0.15, 0.2) is 4.99 Å². The maximum atomic E-state index is 5.85. The Morgan fingerprint density at radius 1 is 1.33 bits per heavy atom. The molecule has 1 N–H and O–H groups in total. The maximum absolute atomic E-state index is 5.85. The second kappa shape index (κ2) is 5.45. The van der Waals surface area contributed by atoms with E-state index in [9.17, 15) is 0 Å². The number of nitrogens with one attached hydrogen (secondary N) is 1. The van der Waals surface area contributed by atoms with Crippen LogP contribution in [-0.2, 0) is 4.74 Å². The van der Waals surface area contributed by atoms with Crippen molar-refractivity contribution in [3.8, 4) is 0 Å². The largest absolute Gasteiger partial charge is 0.372 e. The lowest BCUT2D eigenvalue weighted by Crippen LogP contribution is -2.48. The molecule has 3 aliphatic rings. The number of morpholine rings is 1. The predicted octanol–water partition coefficient (Wildman–Crippen LogP) is 0.131. The molecule has 3 aliphatic heterocycles. The highest BCUT2D eigenvalue weighted by atomic mass is 16.5. The van der Waals surface area contributed by atoms with Gasteiger partial charge in [-0.15, -0.1) is 0 Å². The maximum Gasteiger partial charge on any atom is 0.193 e. The quantitative estimate of drug-likeness (QED) is 0.775. The number of hydrogen-bond acceptors (Lipinski definition) is 5. The first kappa shape index (κ1) is 12.2. The summed E-state index contributed by atoms with van der Waals surface area (Å²) >= 11 is 0. The summed E-state index contributed by atoms with van der Waals surface area (Å²) < 4.78 is 5.85. The topological polar surface area (TPSA) is 40.1 Å². The van der Waals surface area contributed by atoms with Crippen molar-refractivity contribution in [1.29, 1.82) is 0 Å². The Balaban J connectivity index is 1.41. The summed E-state index contributed by atoms with van der Waals surface area (Å²) in [6.45, 7) is 6.40. The van der Waals surface area contributed by atoms with E-state index in [1.54, 1.807) is 0 Å². The van der Waals surface area contributed by atoms with Gasteiger partial charge in [0.15, 0.2) is 5.96 Å². The van der Waals surface area contributed by atoms with E-state index in [1.807, 2.05) is 0 Å². The highest BCUT2D eigenvalue weighted by Gasteiger charge is 2.33. The first-order chi connectivity index (χ1) is 8.81. The van der Waals surface area contributed by atoms with Crippen molar-refractivity contribution in [2.24, 2.45) is 4.99 Å². The van der Waals surface area contributed by atoms with Crippen LogP contribution in [0.5, 0.6) is 0 Å². The number of aliphatic imine (C=N–C) groups is 1. The minimum atomic E-state index is 0.499. The summed E-state index contributed by atoms with van der Waals surface area (Å²) in [6.07, 6.45) is 4.68. The molecule has 0 aromatic carbocycles. The fourth-order valence-electron chi connectivity index (χ4n) is 3.12. The molecule has 0 spiro atoms. The Labute approximate surface area is 109 Å². The second-order valence-electron chi connectivity index (χ2n) is 5.62. The Morgan fingerprint density at radius 2 is 2.11 bits per heavy atom. The number of nitrogens with zero attached hydrogens (tertiary/aromatic N) is 3. The zero-order chi connectivity index (χ0) is 12.4. The first-order valence-corrected chi connectivity index (χ1v) is 7.18. The molecule has 3 rings (SSSR count). The third kappa shape index (κ3) is 2.78. The van der Waals surface area contributed by atoms with Crippen LogP contribution in [0.2, 0.25) is 0 Å². The van der Waals surface area contributed by atoms with Gasteiger partial charge >= 0.3 is 0 Å². The summed E-state index contributed by atoms with van der Waals surface area (Å²) in [4.78, 5) is 9.27. The molecule has 2 fully saturated rings. The van der Waals surface area contributed by atoms with Crippen molar-refractivity contribution in [3.63, 3.8) is 0 Å². The molecular weight excluding hydrogens is 228 g/mol. The van der Waals surface area contributed by atoms with Gasteiger partial charge in [-0.2, -0.15) is 0 Å². The molecule has 2 unspecified atom stereocenters. The summed E-state index contributed by atoms with van der Waals surface area (Å²) in [5, 5.41) is 3.46. The monoisotopic (exact) mass is 252 g/mol. The van der Waals surface area contributed by atoms with Gasteiger partial charge < -0.3 is 15.0 Å². The highest BCUT2D eigenvalue weighted by molar-refractivity contribution is 5.80. The number of likely N-dealkylation sites (tertiary alicyclic amines) is 1. The number of guanidine groups is 1. The second-order valence-corrected chi connectivity index (χ2v) is 5.62. The van der Waals surface area contributed by atoms with Gasteiger partial charge in [0.05, 0.1) is 12.2 Å². The number of fused-ring (bicyclic) bond motifs is 2. The molecule has 0 aliphatic carbocycles.